The summed E-state index contributed by atoms with van der Waals surface area (Å²) < 4.78 is 18.1. The summed E-state index contributed by atoms with van der Waals surface area (Å²) in [7, 11) is 1.71. The van der Waals surface area contributed by atoms with E-state index in [1.807, 2.05) is 0 Å². The number of piperazine rings is 1. The Bertz CT molecular complexity index is 1750. The molecule has 11 nitrogen and oxygen atoms in total. The van der Waals surface area contributed by atoms with Crippen molar-refractivity contribution in [2.24, 2.45) is 0 Å². The number of benzene rings is 2. The second-order valence-electron chi connectivity index (χ2n) is 15.8. The van der Waals surface area contributed by atoms with Crippen molar-refractivity contribution in [1.82, 2.24) is 25.1 Å². The van der Waals surface area contributed by atoms with Crippen LogP contribution in [0.2, 0.25) is 0 Å². The summed E-state index contributed by atoms with van der Waals surface area (Å²) in [5.74, 6) is 1.08. The van der Waals surface area contributed by atoms with Crippen LogP contribution >= 0.6 is 0 Å². The molecule has 0 radical (unpaired) electrons. The van der Waals surface area contributed by atoms with Crippen LogP contribution in [0.15, 0.2) is 36.4 Å². The number of carbonyl (C=O) groups excluding carboxylic acids is 1. The van der Waals surface area contributed by atoms with Crippen LogP contribution < -0.4 is 19.9 Å². The molecule has 3 aromatic rings. The maximum atomic E-state index is 12.9. The highest BCUT2D eigenvalue weighted by atomic mass is 16.6. The molecular formula is C40H53N7O4. The first kappa shape index (κ1) is 33.2. The summed E-state index contributed by atoms with van der Waals surface area (Å²) in [6, 6.07) is 15.1. The predicted octanol–water partition coefficient (Wildman–Crippen LogP) is 4.93. The fourth-order valence-corrected chi connectivity index (χ4v) is 10.2. The number of carbonyl (C=O) groups is 1. The quantitative estimate of drug-likeness (QED) is 0.332. The molecule has 2 aromatic carbocycles. The zero-order chi connectivity index (χ0) is 34.5. The normalized spacial score (nSPS) is 28.8. The van der Waals surface area contributed by atoms with Gasteiger partial charge in [-0.15, -0.1) is 0 Å². The van der Waals surface area contributed by atoms with Crippen molar-refractivity contribution in [3.05, 3.63) is 53.2 Å². The van der Waals surface area contributed by atoms with Crippen molar-refractivity contribution in [2.75, 3.05) is 69.4 Å². The number of hydrogen-bond donors (Lipinski definition) is 1. The minimum absolute atomic E-state index is 0.0784. The molecule has 51 heavy (non-hydrogen) atoms. The summed E-state index contributed by atoms with van der Waals surface area (Å²) in [4.78, 5) is 32.7. The van der Waals surface area contributed by atoms with Crippen molar-refractivity contribution >= 4 is 28.4 Å². The van der Waals surface area contributed by atoms with E-state index in [2.05, 4.69) is 63.3 Å². The summed E-state index contributed by atoms with van der Waals surface area (Å²) in [5.41, 5.74) is 4.98. The number of likely N-dealkylation sites (tertiary alicyclic amines) is 1. The molecule has 5 atom stereocenters. The van der Waals surface area contributed by atoms with Gasteiger partial charge in [-0.3, -0.25) is 4.90 Å². The molecule has 0 spiro atoms. The lowest BCUT2D eigenvalue weighted by molar-refractivity contribution is 0.0435. The van der Waals surface area contributed by atoms with E-state index in [1.54, 1.807) is 12.0 Å². The number of hydrogen-bond acceptors (Lipinski definition) is 10. The average Bonchev–Trinajstić information content (AvgIpc) is 3.96. The first-order valence-corrected chi connectivity index (χ1v) is 19.5. The Morgan fingerprint density at radius 3 is 2.61 bits per heavy atom. The van der Waals surface area contributed by atoms with Crippen LogP contribution in [0.25, 0.3) is 10.8 Å². The van der Waals surface area contributed by atoms with Gasteiger partial charge in [0.05, 0.1) is 30.4 Å². The van der Waals surface area contributed by atoms with Crippen molar-refractivity contribution in [2.45, 2.75) is 101 Å². The third-order valence-electron chi connectivity index (χ3n) is 12.9. The number of anilines is 2. The Morgan fingerprint density at radius 1 is 0.961 bits per heavy atom. The second kappa shape index (κ2) is 13.7. The molecule has 5 saturated heterocycles. The number of rotatable bonds is 9. The molecular weight excluding hydrogens is 642 g/mol. The molecule has 2 bridgehead atoms. The van der Waals surface area contributed by atoms with Crippen LogP contribution in [0.1, 0.15) is 68.7 Å². The number of aromatic nitrogens is 2. The summed E-state index contributed by atoms with van der Waals surface area (Å²) in [5, 5.41) is 6.45. The Labute approximate surface area is 301 Å². The fourth-order valence-electron chi connectivity index (χ4n) is 10.2. The molecule has 7 heterocycles. The number of ether oxygens (including phenoxy) is 3. The van der Waals surface area contributed by atoms with Gasteiger partial charge in [-0.1, -0.05) is 37.3 Å². The summed E-state index contributed by atoms with van der Waals surface area (Å²) in [6.45, 7) is 9.16. The van der Waals surface area contributed by atoms with Gasteiger partial charge in [0.1, 0.15) is 19.0 Å². The topological polar surface area (TPSA) is 95.5 Å². The van der Waals surface area contributed by atoms with Gasteiger partial charge in [-0.25, -0.2) is 4.79 Å². The van der Waals surface area contributed by atoms with Crippen LogP contribution in [0.3, 0.4) is 0 Å². The monoisotopic (exact) mass is 695 g/mol. The molecule has 1 N–H and O–H groups in total. The van der Waals surface area contributed by atoms with Gasteiger partial charge in [-0.05, 0) is 81.3 Å². The number of amides is 1. The Balaban J connectivity index is 0.953. The van der Waals surface area contributed by atoms with E-state index in [-0.39, 0.29) is 23.8 Å². The highest BCUT2D eigenvalue weighted by Gasteiger charge is 2.50. The van der Waals surface area contributed by atoms with Crippen LogP contribution in [-0.2, 0) is 28.9 Å². The smallest absolute Gasteiger partial charge is 0.409 e. The summed E-state index contributed by atoms with van der Waals surface area (Å²) >= 11 is 0. The fraction of sp³-hybridized carbons (Fsp3) is 0.625. The van der Waals surface area contributed by atoms with Crippen molar-refractivity contribution in [3.8, 4) is 6.01 Å². The largest absolute Gasteiger partial charge is 0.461 e. The molecule has 1 amide bonds. The zero-order valence-electron chi connectivity index (χ0n) is 30.3. The molecule has 272 valence electrons. The van der Waals surface area contributed by atoms with E-state index < -0.39 is 0 Å². The van der Waals surface area contributed by atoms with Gasteiger partial charge in [0.15, 0.2) is 0 Å². The molecule has 6 aliphatic rings. The Morgan fingerprint density at radius 2 is 1.80 bits per heavy atom. The maximum Gasteiger partial charge on any atom is 0.409 e. The lowest BCUT2D eigenvalue weighted by atomic mass is 9.95. The molecule has 11 heteroatoms. The number of aryl methyl sites for hydroxylation is 1. The highest BCUT2D eigenvalue weighted by Crippen LogP contribution is 2.43. The number of nitrogens with one attached hydrogen (secondary N) is 1. The maximum absolute atomic E-state index is 12.9. The number of fused-ring (bicyclic) bond motifs is 5. The number of nitrogens with zero attached hydrogens (tertiary/aromatic N) is 6. The third kappa shape index (κ3) is 6.18. The van der Waals surface area contributed by atoms with Gasteiger partial charge in [-0.2, -0.15) is 9.97 Å². The lowest BCUT2D eigenvalue weighted by Gasteiger charge is -2.38. The standard InChI is InChI=1S/C40H53N7O4/c1-3-27-7-4-8-28-9-5-10-35(36(27)28)44-20-15-33-34(24-44)42-38(43-37(33)46-21-29-11-12-30(22-46)41-29)51-26-40-16-6-18-47(40)31(13-17-40)25-50-39(48)45-19-14-32(23-45)49-2/h4-5,7-10,29-32,41H,3,6,11-26H2,1-2H3/t29-,30+,31?,32-,40?/m1/s1. The third-order valence-corrected chi connectivity index (χ3v) is 12.9. The van der Waals surface area contributed by atoms with E-state index in [0.29, 0.717) is 44.4 Å². The first-order valence-electron chi connectivity index (χ1n) is 19.5. The van der Waals surface area contributed by atoms with Crippen molar-refractivity contribution in [1.29, 1.82) is 0 Å². The average molecular weight is 696 g/mol. The number of methoxy groups -OCH3 is 1. The Kier molecular flexibility index (Phi) is 8.92. The highest BCUT2D eigenvalue weighted by molar-refractivity contribution is 5.97. The lowest BCUT2D eigenvalue weighted by Crippen LogP contribution is -2.52. The second-order valence-corrected chi connectivity index (χ2v) is 15.8. The van der Waals surface area contributed by atoms with E-state index in [9.17, 15) is 4.79 Å². The molecule has 6 aliphatic heterocycles. The van der Waals surface area contributed by atoms with E-state index in [0.717, 1.165) is 89.2 Å². The SMILES string of the molecule is CCc1cccc2cccc(N3CCc4c(nc(OCC56CCCN5C(COC(=O)N5CC[C@@H](OC)C5)CC6)nc4N4C[C@H]5CC[C@@H](C4)N5)C3)c12. The molecule has 9 rings (SSSR count). The molecule has 2 unspecified atom stereocenters. The van der Waals surface area contributed by atoms with Crippen LogP contribution in [-0.4, -0.2) is 115 Å². The van der Waals surface area contributed by atoms with Gasteiger partial charge < -0.3 is 34.2 Å². The van der Waals surface area contributed by atoms with E-state index in [4.69, 9.17) is 24.2 Å². The minimum Gasteiger partial charge on any atom is -0.461 e. The first-order chi connectivity index (χ1) is 25.0. The summed E-state index contributed by atoms with van der Waals surface area (Å²) in [6.07, 6.45) is 9.35. The van der Waals surface area contributed by atoms with E-state index >= 15 is 0 Å². The van der Waals surface area contributed by atoms with E-state index in [1.165, 1.54) is 40.4 Å². The van der Waals surface area contributed by atoms with Gasteiger partial charge in [0.2, 0.25) is 0 Å². The van der Waals surface area contributed by atoms with Gasteiger partial charge in [0, 0.05) is 68.1 Å². The van der Waals surface area contributed by atoms with Gasteiger partial charge in [0.25, 0.3) is 0 Å². The van der Waals surface area contributed by atoms with Gasteiger partial charge >= 0.3 is 12.1 Å². The predicted molar refractivity (Wildman–Crippen MR) is 198 cm³/mol. The zero-order valence-corrected chi connectivity index (χ0v) is 30.3. The molecule has 5 fully saturated rings. The van der Waals surface area contributed by atoms with Crippen LogP contribution in [0.4, 0.5) is 16.3 Å². The molecule has 0 saturated carbocycles. The molecule has 1 aromatic heterocycles. The van der Waals surface area contributed by atoms with Crippen LogP contribution in [0, 0.1) is 0 Å². The Hall–Kier alpha value is -3.67. The molecule has 0 aliphatic carbocycles. The minimum atomic E-state index is -0.220. The van der Waals surface area contributed by atoms with Crippen LogP contribution in [0.5, 0.6) is 6.01 Å². The van der Waals surface area contributed by atoms with Crippen molar-refractivity contribution < 1.29 is 19.0 Å². The van der Waals surface area contributed by atoms with Crippen molar-refractivity contribution in [3.63, 3.8) is 0 Å².